The van der Waals surface area contributed by atoms with Gasteiger partial charge in [0.2, 0.25) is 10.0 Å². The highest BCUT2D eigenvalue weighted by molar-refractivity contribution is 7.89. The lowest BCUT2D eigenvalue weighted by Crippen LogP contribution is -2.31. The Kier molecular flexibility index (Phi) is 5.35. The molecule has 9 nitrogen and oxygen atoms in total. The third-order valence-corrected chi connectivity index (χ3v) is 3.92. The van der Waals surface area contributed by atoms with Crippen LogP contribution < -0.4 is 4.72 Å². The molecule has 10 heteroatoms. The van der Waals surface area contributed by atoms with Gasteiger partial charge in [-0.25, -0.2) is 17.9 Å². The number of carbonyl (C=O) groups excluding carboxylic acids is 1. The van der Waals surface area contributed by atoms with Gasteiger partial charge in [0.25, 0.3) is 5.69 Å². The van der Waals surface area contributed by atoms with Gasteiger partial charge in [-0.15, -0.1) is 0 Å². The second kappa shape index (κ2) is 6.61. The molecule has 2 N–H and O–H groups in total. The summed E-state index contributed by atoms with van der Waals surface area (Å²) in [6.45, 7) is 1.11. The standard InChI is InChI=1S/C11H14N2O7S/c1-7(14)6-12-21(18,19)10-4-3-8(13(16)17)5-9(10)11(15)20-2/h3-5,7,12,14H,6H2,1-2H3/t7-/m1/s1. The molecule has 0 radical (unpaired) electrons. The Morgan fingerprint density at radius 1 is 1.52 bits per heavy atom. The van der Waals surface area contributed by atoms with Crippen molar-refractivity contribution in [2.24, 2.45) is 0 Å². The largest absolute Gasteiger partial charge is 0.465 e. The number of carbonyl (C=O) groups is 1. The zero-order valence-corrected chi connectivity index (χ0v) is 12.1. The number of aliphatic hydroxyl groups is 1. The number of hydrogen-bond donors (Lipinski definition) is 2. The molecule has 0 heterocycles. The monoisotopic (exact) mass is 318 g/mol. The molecule has 21 heavy (non-hydrogen) atoms. The Bertz CT molecular complexity index is 655. The first kappa shape index (κ1) is 17.0. The maximum absolute atomic E-state index is 12.1. The van der Waals surface area contributed by atoms with E-state index < -0.39 is 43.2 Å². The molecule has 1 rings (SSSR count). The number of non-ortho nitro benzene ring substituents is 1. The van der Waals surface area contributed by atoms with Crippen molar-refractivity contribution >= 4 is 21.7 Å². The van der Waals surface area contributed by atoms with Crippen molar-refractivity contribution < 1.29 is 28.0 Å². The highest BCUT2D eigenvalue weighted by Gasteiger charge is 2.25. The summed E-state index contributed by atoms with van der Waals surface area (Å²) < 4.78 is 30.6. The van der Waals surface area contributed by atoms with E-state index in [9.17, 15) is 23.3 Å². The molecule has 0 aliphatic heterocycles. The molecule has 0 saturated heterocycles. The van der Waals surface area contributed by atoms with Crippen LogP contribution in [0.2, 0.25) is 0 Å². The van der Waals surface area contributed by atoms with Crippen LogP contribution >= 0.6 is 0 Å². The highest BCUT2D eigenvalue weighted by Crippen LogP contribution is 2.22. The summed E-state index contributed by atoms with van der Waals surface area (Å²) in [5.74, 6) is -1.02. The molecule has 1 atom stereocenters. The van der Waals surface area contributed by atoms with E-state index in [1.165, 1.54) is 6.92 Å². The maximum Gasteiger partial charge on any atom is 0.339 e. The first-order valence-corrected chi connectivity index (χ1v) is 7.22. The molecule has 0 fully saturated rings. The van der Waals surface area contributed by atoms with E-state index in [0.717, 1.165) is 25.3 Å². The molecular weight excluding hydrogens is 304 g/mol. The fourth-order valence-corrected chi connectivity index (χ4v) is 2.74. The zero-order chi connectivity index (χ0) is 16.2. The molecule has 0 unspecified atom stereocenters. The van der Waals surface area contributed by atoms with E-state index in [-0.39, 0.29) is 6.54 Å². The third-order valence-electron chi connectivity index (χ3n) is 2.44. The number of methoxy groups -OCH3 is 1. The van der Waals surface area contributed by atoms with E-state index in [2.05, 4.69) is 9.46 Å². The van der Waals surface area contributed by atoms with Crippen LogP contribution in [0, 0.1) is 10.1 Å². The van der Waals surface area contributed by atoms with Crippen LogP contribution in [0.3, 0.4) is 0 Å². The number of nitro groups is 1. The highest BCUT2D eigenvalue weighted by atomic mass is 32.2. The van der Waals surface area contributed by atoms with E-state index in [1.54, 1.807) is 0 Å². The van der Waals surface area contributed by atoms with Gasteiger partial charge in [-0.3, -0.25) is 10.1 Å². The average Bonchev–Trinajstić information content (AvgIpc) is 2.43. The summed E-state index contributed by atoms with van der Waals surface area (Å²) in [5, 5.41) is 19.8. The second-order valence-electron chi connectivity index (χ2n) is 4.13. The number of esters is 1. The van der Waals surface area contributed by atoms with Crippen LogP contribution in [0.25, 0.3) is 0 Å². The van der Waals surface area contributed by atoms with Crippen molar-refractivity contribution in [2.45, 2.75) is 17.9 Å². The molecule has 116 valence electrons. The van der Waals surface area contributed by atoms with Gasteiger partial charge in [0, 0.05) is 18.7 Å². The number of hydrogen-bond acceptors (Lipinski definition) is 7. The van der Waals surface area contributed by atoms with E-state index in [0.29, 0.717) is 0 Å². The van der Waals surface area contributed by atoms with E-state index in [1.807, 2.05) is 0 Å². The maximum atomic E-state index is 12.1. The van der Waals surface area contributed by atoms with Crippen LogP contribution in [-0.4, -0.2) is 44.2 Å². The van der Waals surface area contributed by atoms with Gasteiger partial charge in [-0.05, 0) is 13.0 Å². The minimum atomic E-state index is -4.12. The number of sulfonamides is 1. The number of nitrogens with one attached hydrogen (secondary N) is 1. The Morgan fingerprint density at radius 2 is 2.14 bits per heavy atom. The summed E-state index contributed by atoms with van der Waals surface area (Å²) >= 11 is 0. The topological polar surface area (TPSA) is 136 Å². The molecule has 0 aliphatic rings. The number of ether oxygens (including phenoxy) is 1. The first-order valence-electron chi connectivity index (χ1n) is 5.73. The lowest BCUT2D eigenvalue weighted by Gasteiger charge is -2.11. The summed E-state index contributed by atoms with van der Waals surface area (Å²) in [5.41, 5.74) is -0.894. The van der Waals surface area contributed by atoms with Crippen molar-refractivity contribution in [3.05, 3.63) is 33.9 Å². The lowest BCUT2D eigenvalue weighted by atomic mass is 10.2. The molecule has 0 aliphatic carbocycles. The zero-order valence-electron chi connectivity index (χ0n) is 11.3. The van der Waals surface area contributed by atoms with Crippen LogP contribution in [0.15, 0.2) is 23.1 Å². The van der Waals surface area contributed by atoms with E-state index >= 15 is 0 Å². The van der Waals surface area contributed by atoms with Crippen molar-refractivity contribution in [2.75, 3.05) is 13.7 Å². The molecule has 0 aromatic heterocycles. The lowest BCUT2D eigenvalue weighted by molar-refractivity contribution is -0.384. The minimum Gasteiger partial charge on any atom is -0.465 e. The molecule has 0 saturated carbocycles. The van der Waals surface area contributed by atoms with E-state index in [4.69, 9.17) is 5.11 Å². The number of rotatable bonds is 6. The summed E-state index contributed by atoms with van der Waals surface area (Å²) in [7, 11) is -3.09. The fraction of sp³-hybridized carbons (Fsp3) is 0.364. The van der Waals surface area contributed by atoms with Crippen LogP contribution in [-0.2, 0) is 14.8 Å². The van der Waals surface area contributed by atoms with Crippen LogP contribution in [0.1, 0.15) is 17.3 Å². The van der Waals surface area contributed by atoms with Crippen molar-refractivity contribution in [3.8, 4) is 0 Å². The van der Waals surface area contributed by atoms with Gasteiger partial charge in [0.1, 0.15) is 0 Å². The number of nitrogens with zero attached hydrogens (tertiary/aromatic N) is 1. The summed E-state index contributed by atoms with van der Waals surface area (Å²) in [6, 6.07) is 2.72. The SMILES string of the molecule is COC(=O)c1cc([N+](=O)[O-])ccc1S(=O)(=O)NC[C@@H](C)O. The van der Waals surface area contributed by atoms with Crippen molar-refractivity contribution in [3.63, 3.8) is 0 Å². The smallest absolute Gasteiger partial charge is 0.339 e. The number of nitro benzene ring substituents is 1. The Balaban J connectivity index is 3.34. The third kappa shape index (κ3) is 4.21. The van der Waals surface area contributed by atoms with Gasteiger partial charge in [-0.1, -0.05) is 0 Å². The fourth-order valence-electron chi connectivity index (χ4n) is 1.44. The molecule has 0 spiro atoms. The van der Waals surface area contributed by atoms with Gasteiger partial charge < -0.3 is 9.84 Å². The number of aliphatic hydroxyl groups excluding tert-OH is 1. The van der Waals surface area contributed by atoms with Crippen LogP contribution in [0.4, 0.5) is 5.69 Å². The number of benzene rings is 1. The molecule has 1 aromatic rings. The first-order chi connectivity index (χ1) is 9.69. The van der Waals surface area contributed by atoms with Crippen LogP contribution in [0.5, 0.6) is 0 Å². The predicted molar refractivity (Wildman–Crippen MR) is 71.3 cm³/mol. The second-order valence-corrected chi connectivity index (χ2v) is 5.87. The molecule has 1 aromatic carbocycles. The van der Waals surface area contributed by atoms with Crippen molar-refractivity contribution in [1.82, 2.24) is 4.72 Å². The summed E-state index contributed by atoms with van der Waals surface area (Å²) in [6.07, 6.45) is -0.931. The van der Waals surface area contributed by atoms with Gasteiger partial charge in [0.15, 0.2) is 0 Å². The van der Waals surface area contributed by atoms with Gasteiger partial charge in [-0.2, -0.15) is 0 Å². The molecule has 0 amide bonds. The Hall–Kier alpha value is -2.04. The quantitative estimate of drug-likeness (QED) is 0.429. The average molecular weight is 318 g/mol. The molecule has 0 bridgehead atoms. The van der Waals surface area contributed by atoms with Gasteiger partial charge in [0.05, 0.1) is 28.6 Å². The van der Waals surface area contributed by atoms with Gasteiger partial charge >= 0.3 is 5.97 Å². The Labute approximate surface area is 120 Å². The normalized spacial score (nSPS) is 12.7. The predicted octanol–water partition coefficient (Wildman–Crippen LogP) is 0.0405. The Morgan fingerprint density at radius 3 is 2.62 bits per heavy atom. The summed E-state index contributed by atoms with van der Waals surface area (Å²) in [4.78, 5) is 21.1. The minimum absolute atomic E-state index is 0.264. The molecular formula is C11H14N2O7S. The van der Waals surface area contributed by atoms with Crippen molar-refractivity contribution in [1.29, 1.82) is 0 Å².